The average Bonchev–Trinajstić information content (AvgIpc) is 3.33. The number of hydrogen-bond donors (Lipinski definition) is 1. The van der Waals surface area contributed by atoms with Crippen LogP contribution in [0.25, 0.3) is 0 Å². The maximum absolute atomic E-state index is 12.8. The summed E-state index contributed by atoms with van der Waals surface area (Å²) < 4.78 is 10.0. The molecule has 9 heteroatoms. The van der Waals surface area contributed by atoms with Gasteiger partial charge >= 0.3 is 5.97 Å². The lowest BCUT2D eigenvalue weighted by Crippen LogP contribution is -2.50. The van der Waals surface area contributed by atoms with E-state index in [0.717, 1.165) is 17.1 Å². The Balaban J connectivity index is 1.55. The summed E-state index contributed by atoms with van der Waals surface area (Å²) in [6.07, 6.45) is -1.74. The van der Waals surface area contributed by atoms with Gasteiger partial charge in [0.05, 0.1) is 12.5 Å². The van der Waals surface area contributed by atoms with Crippen molar-refractivity contribution in [1.82, 2.24) is 10.2 Å². The minimum absolute atomic E-state index is 0.0905. The standard InChI is InChI=1S/C19H24N2O5S2/c1-2-25-19(24)16-15(26-16)17(22)20-14(18(23)21-8-9-27-12-21)11-28-10-13-6-4-3-5-7-13/h3-7,14-16H,2,8-12H2,1H3,(H,20,22)/t14?,15-,16-/m0/s1. The molecule has 0 bridgehead atoms. The van der Waals surface area contributed by atoms with E-state index in [1.165, 1.54) is 0 Å². The van der Waals surface area contributed by atoms with E-state index in [9.17, 15) is 14.4 Å². The number of hydrogen-bond acceptors (Lipinski definition) is 7. The molecule has 7 nitrogen and oxygen atoms in total. The summed E-state index contributed by atoms with van der Waals surface area (Å²) in [5.41, 5.74) is 1.16. The zero-order chi connectivity index (χ0) is 19.9. The van der Waals surface area contributed by atoms with E-state index < -0.39 is 30.1 Å². The Hall–Kier alpha value is -1.71. The van der Waals surface area contributed by atoms with Crippen molar-refractivity contribution in [3.63, 3.8) is 0 Å². The summed E-state index contributed by atoms with van der Waals surface area (Å²) in [5.74, 6) is 1.67. The molecule has 1 unspecified atom stereocenters. The predicted molar refractivity (Wildman–Crippen MR) is 109 cm³/mol. The largest absolute Gasteiger partial charge is 0.464 e. The van der Waals surface area contributed by atoms with Crippen LogP contribution in [0.2, 0.25) is 0 Å². The van der Waals surface area contributed by atoms with Gasteiger partial charge in [0.25, 0.3) is 5.91 Å². The summed E-state index contributed by atoms with van der Waals surface area (Å²) in [6.45, 7) is 2.61. The Morgan fingerprint density at radius 2 is 2.11 bits per heavy atom. The highest BCUT2D eigenvalue weighted by molar-refractivity contribution is 7.99. The van der Waals surface area contributed by atoms with E-state index in [1.54, 1.807) is 35.3 Å². The number of amides is 2. The van der Waals surface area contributed by atoms with Crippen molar-refractivity contribution < 1.29 is 23.9 Å². The van der Waals surface area contributed by atoms with E-state index in [0.29, 0.717) is 18.2 Å². The minimum Gasteiger partial charge on any atom is -0.464 e. The van der Waals surface area contributed by atoms with Gasteiger partial charge in [0.2, 0.25) is 5.91 Å². The normalized spacial score (nSPS) is 21.8. The first-order valence-corrected chi connectivity index (χ1v) is 11.5. The van der Waals surface area contributed by atoms with Crippen molar-refractivity contribution in [3.8, 4) is 0 Å². The van der Waals surface area contributed by atoms with Crippen molar-refractivity contribution in [1.29, 1.82) is 0 Å². The van der Waals surface area contributed by atoms with Gasteiger partial charge in [-0.15, -0.1) is 11.8 Å². The second kappa shape index (κ2) is 10.2. The average molecular weight is 425 g/mol. The molecule has 1 aromatic rings. The quantitative estimate of drug-likeness (QED) is 0.472. The Bertz CT molecular complexity index is 697. The van der Waals surface area contributed by atoms with Gasteiger partial charge in [-0.1, -0.05) is 30.3 Å². The van der Waals surface area contributed by atoms with Crippen molar-refractivity contribution in [2.24, 2.45) is 0 Å². The summed E-state index contributed by atoms with van der Waals surface area (Å²) in [5, 5.41) is 2.78. The molecule has 0 radical (unpaired) electrons. The van der Waals surface area contributed by atoms with Crippen LogP contribution in [0.4, 0.5) is 0 Å². The van der Waals surface area contributed by atoms with Gasteiger partial charge in [0.1, 0.15) is 6.04 Å². The third kappa shape index (κ3) is 5.65. The molecule has 2 aliphatic heterocycles. The van der Waals surface area contributed by atoms with Crippen LogP contribution in [-0.4, -0.2) is 71.5 Å². The second-order valence-electron chi connectivity index (χ2n) is 6.43. The van der Waals surface area contributed by atoms with E-state index in [1.807, 2.05) is 30.3 Å². The van der Waals surface area contributed by atoms with Gasteiger partial charge in [-0.2, -0.15) is 11.8 Å². The molecule has 2 saturated heterocycles. The molecule has 0 spiro atoms. The van der Waals surface area contributed by atoms with E-state index >= 15 is 0 Å². The molecule has 0 saturated carbocycles. The first kappa shape index (κ1) is 21.0. The number of carbonyl (C=O) groups excluding carboxylic acids is 3. The fraction of sp³-hybridized carbons (Fsp3) is 0.526. The molecule has 28 heavy (non-hydrogen) atoms. The topological polar surface area (TPSA) is 88.2 Å². The molecule has 2 fully saturated rings. The Morgan fingerprint density at radius 1 is 1.32 bits per heavy atom. The van der Waals surface area contributed by atoms with Gasteiger partial charge in [-0.3, -0.25) is 9.59 Å². The molecule has 0 aliphatic carbocycles. The molecule has 3 atom stereocenters. The molecule has 3 rings (SSSR count). The number of carbonyl (C=O) groups is 3. The molecule has 2 amide bonds. The molecule has 2 heterocycles. The zero-order valence-corrected chi connectivity index (χ0v) is 17.3. The van der Waals surface area contributed by atoms with Gasteiger partial charge < -0.3 is 19.7 Å². The van der Waals surface area contributed by atoms with Crippen LogP contribution in [0.3, 0.4) is 0 Å². The summed E-state index contributed by atoms with van der Waals surface area (Å²) in [4.78, 5) is 38.7. The highest BCUT2D eigenvalue weighted by Crippen LogP contribution is 2.24. The van der Waals surface area contributed by atoms with Crippen LogP contribution in [-0.2, 0) is 29.6 Å². The Morgan fingerprint density at radius 3 is 2.79 bits per heavy atom. The number of rotatable bonds is 9. The molecule has 0 aromatic heterocycles. The Labute approximate surface area is 172 Å². The van der Waals surface area contributed by atoms with E-state index in [-0.39, 0.29) is 12.5 Å². The molecular formula is C19H24N2O5S2. The lowest BCUT2D eigenvalue weighted by molar-refractivity contribution is -0.144. The number of nitrogens with one attached hydrogen (secondary N) is 1. The fourth-order valence-corrected chi connectivity index (χ4v) is 4.78. The number of epoxide rings is 1. The first-order valence-electron chi connectivity index (χ1n) is 9.20. The van der Waals surface area contributed by atoms with Gasteiger partial charge in [0, 0.05) is 23.8 Å². The summed E-state index contributed by atoms with van der Waals surface area (Å²) >= 11 is 3.29. The number of ether oxygens (including phenoxy) is 2. The maximum Gasteiger partial charge on any atom is 0.338 e. The number of esters is 1. The highest BCUT2D eigenvalue weighted by Gasteiger charge is 2.52. The maximum atomic E-state index is 12.8. The molecule has 1 aromatic carbocycles. The lowest BCUT2D eigenvalue weighted by atomic mass is 10.2. The monoisotopic (exact) mass is 424 g/mol. The van der Waals surface area contributed by atoms with Crippen LogP contribution >= 0.6 is 23.5 Å². The van der Waals surface area contributed by atoms with E-state index in [2.05, 4.69) is 5.32 Å². The SMILES string of the molecule is CCOC(=O)[C@H]1O[C@@H]1C(=O)NC(CSCc1ccccc1)C(=O)N1CCSC1. The van der Waals surface area contributed by atoms with Crippen molar-refractivity contribution in [3.05, 3.63) is 35.9 Å². The van der Waals surface area contributed by atoms with Crippen LogP contribution in [0, 0.1) is 0 Å². The summed E-state index contributed by atoms with van der Waals surface area (Å²) in [6, 6.07) is 9.32. The predicted octanol–water partition coefficient (Wildman–Crippen LogP) is 1.27. The van der Waals surface area contributed by atoms with Gasteiger partial charge in [-0.05, 0) is 12.5 Å². The van der Waals surface area contributed by atoms with Crippen molar-refractivity contribution >= 4 is 41.3 Å². The second-order valence-corrected chi connectivity index (χ2v) is 8.54. The molecular weight excluding hydrogens is 400 g/mol. The van der Waals surface area contributed by atoms with Gasteiger partial charge in [-0.25, -0.2) is 4.79 Å². The lowest BCUT2D eigenvalue weighted by Gasteiger charge is -2.23. The van der Waals surface area contributed by atoms with E-state index in [4.69, 9.17) is 9.47 Å². The van der Waals surface area contributed by atoms with Crippen LogP contribution in [0.1, 0.15) is 12.5 Å². The number of nitrogens with zero attached hydrogens (tertiary/aromatic N) is 1. The highest BCUT2D eigenvalue weighted by atomic mass is 32.2. The zero-order valence-electron chi connectivity index (χ0n) is 15.7. The van der Waals surface area contributed by atoms with Crippen molar-refractivity contribution in [2.45, 2.75) is 30.9 Å². The van der Waals surface area contributed by atoms with Crippen molar-refractivity contribution in [2.75, 3.05) is 30.5 Å². The van der Waals surface area contributed by atoms with Crippen LogP contribution < -0.4 is 5.32 Å². The van der Waals surface area contributed by atoms with Crippen LogP contribution in [0.5, 0.6) is 0 Å². The molecule has 2 aliphatic rings. The third-order valence-electron chi connectivity index (χ3n) is 4.34. The van der Waals surface area contributed by atoms with Crippen LogP contribution in [0.15, 0.2) is 30.3 Å². The summed E-state index contributed by atoms with van der Waals surface area (Å²) in [7, 11) is 0. The fourth-order valence-electron chi connectivity index (χ4n) is 2.82. The Kier molecular flexibility index (Phi) is 7.64. The molecule has 152 valence electrons. The minimum atomic E-state index is -0.874. The first-order chi connectivity index (χ1) is 13.6. The smallest absolute Gasteiger partial charge is 0.338 e. The van der Waals surface area contributed by atoms with Gasteiger partial charge in [0.15, 0.2) is 12.2 Å². The number of thioether (sulfide) groups is 2. The molecule has 1 N–H and O–H groups in total. The number of benzene rings is 1. The third-order valence-corrected chi connectivity index (χ3v) is 6.42.